The SMILES string of the molecule is COc1cc(F)cc(-c2nccc3[nH]c(-c4n[nH]c5cnc(-c6cncc(CN7CCCCC7)c6)cc45)cc23)c1. The van der Waals surface area contributed by atoms with Crippen molar-refractivity contribution in [2.45, 2.75) is 25.8 Å². The van der Waals surface area contributed by atoms with E-state index in [4.69, 9.17) is 9.72 Å². The molecule has 5 aromatic heterocycles. The summed E-state index contributed by atoms with van der Waals surface area (Å²) in [6, 6.07) is 12.7. The van der Waals surface area contributed by atoms with Crippen LogP contribution in [0.5, 0.6) is 5.75 Å². The highest BCUT2D eigenvalue weighted by Gasteiger charge is 2.17. The minimum absolute atomic E-state index is 0.378. The van der Waals surface area contributed by atoms with Gasteiger partial charge in [-0.05, 0) is 67.9 Å². The van der Waals surface area contributed by atoms with Gasteiger partial charge < -0.3 is 9.72 Å². The van der Waals surface area contributed by atoms with Gasteiger partial charge in [0.05, 0.1) is 35.9 Å². The van der Waals surface area contributed by atoms with E-state index >= 15 is 0 Å². The molecule has 0 atom stereocenters. The monoisotopic (exact) mass is 533 g/mol. The van der Waals surface area contributed by atoms with E-state index in [0.717, 1.165) is 64.1 Å². The summed E-state index contributed by atoms with van der Waals surface area (Å²) in [5.41, 5.74) is 7.63. The summed E-state index contributed by atoms with van der Waals surface area (Å²) < 4.78 is 19.6. The van der Waals surface area contributed by atoms with Gasteiger partial charge in [0.2, 0.25) is 0 Å². The number of aromatic amines is 2. The van der Waals surface area contributed by atoms with Crippen molar-refractivity contribution in [3.63, 3.8) is 0 Å². The molecule has 0 bridgehead atoms. The Morgan fingerprint density at radius 1 is 0.875 bits per heavy atom. The molecule has 7 rings (SSSR count). The lowest BCUT2D eigenvalue weighted by molar-refractivity contribution is 0.220. The number of piperidine rings is 1. The van der Waals surface area contributed by atoms with E-state index in [1.165, 1.54) is 44.1 Å². The predicted octanol–water partition coefficient (Wildman–Crippen LogP) is 6.36. The van der Waals surface area contributed by atoms with Gasteiger partial charge in [0.15, 0.2) is 0 Å². The van der Waals surface area contributed by atoms with Crippen LogP contribution in [0.25, 0.3) is 55.7 Å². The van der Waals surface area contributed by atoms with Crippen LogP contribution < -0.4 is 4.74 Å². The first-order chi connectivity index (χ1) is 19.6. The van der Waals surface area contributed by atoms with E-state index in [0.29, 0.717) is 17.0 Å². The molecule has 1 fully saturated rings. The first-order valence-electron chi connectivity index (χ1n) is 13.5. The van der Waals surface area contributed by atoms with Gasteiger partial charge in [-0.2, -0.15) is 5.10 Å². The molecule has 0 unspecified atom stereocenters. The fourth-order valence-electron chi connectivity index (χ4n) is 5.60. The smallest absolute Gasteiger partial charge is 0.127 e. The normalized spacial score (nSPS) is 14.2. The number of pyridine rings is 3. The van der Waals surface area contributed by atoms with Gasteiger partial charge in [0.1, 0.15) is 17.3 Å². The van der Waals surface area contributed by atoms with Crippen LogP contribution in [-0.2, 0) is 6.54 Å². The molecule has 0 spiro atoms. The minimum atomic E-state index is -0.378. The minimum Gasteiger partial charge on any atom is -0.497 e. The number of hydrogen-bond donors (Lipinski definition) is 2. The first kappa shape index (κ1) is 24.4. The average molecular weight is 534 g/mol. The molecule has 1 aliphatic heterocycles. The number of likely N-dealkylation sites (tertiary alicyclic amines) is 1. The van der Waals surface area contributed by atoms with Crippen molar-refractivity contribution in [1.82, 2.24) is 35.0 Å². The number of aromatic nitrogens is 6. The number of nitrogens with zero attached hydrogens (tertiary/aromatic N) is 5. The molecule has 8 nitrogen and oxygen atoms in total. The summed E-state index contributed by atoms with van der Waals surface area (Å²) in [5.74, 6) is 0.0640. The molecule has 0 aliphatic carbocycles. The fourth-order valence-corrected chi connectivity index (χ4v) is 5.60. The zero-order chi connectivity index (χ0) is 27.1. The Morgan fingerprint density at radius 3 is 2.62 bits per heavy atom. The van der Waals surface area contributed by atoms with E-state index in [2.05, 4.69) is 42.2 Å². The van der Waals surface area contributed by atoms with Crippen LogP contribution in [0.1, 0.15) is 24.8 Å². The van der Waals surface area contributed by atoms with E-state index in [9.17, 15) is 4.39 Å². The summed E-state index contributed by atoms with van der Waals surface area (Å²) >= 11 is 0. The van der Waals surface area contributed by atoms with Crippen molar-refractivity contribution >= 4 is 21.8 Å². The molecule has 0 saturated carbocycles. The second-order valence-corrected chi connectivity index (χ2v) is 10.3. The van der Waals surface area contributed by atoms with Gasteiger partial charge in [0.25, 0.3) is 0 Å². The molecule has 0 amide bonds. The lowest BCUT2D eigenvalue weighted by Gasteiger charge is -2.26. The summed E-state index contributed by atoms with van der Waals surface area (Å²) in [6.45, 7) is 3.19. The van der Waals surface area contributed by atoms with Crippen LogP contribution in [0, 0.1) is 5.82 Å². The predicted molar refractivity (Wildman–Crippen MR) is 153 cm³/mol. The largest absolute Gasteiger partial charge is 0.497 e. The molecule has 2 N–H and O–H groups in total. The highest BCUT2D eigenvalue weighted by molar-refractivity contribution is 6.00. The van der Waals surface area contributed by atoms with Crippen molar-refractivity contribution in [3.05, 3.63) is 78.6 Å². The number of methoxy groups -OCH3 is 1. The molecule has 1 saturated heterocycles. The van der Waals surface area contributed by atoms with Crippen molar-refractivity contribution in [1.29, 1.82) is 0 Å². The summed E-state index contributed by atoms with van der Waals surface area (Å²) in [7, 11) is 1.52. The number of nitrogens with one attached hydrogen (secondary N) is 2. The Labute approximate surface area is 230 Å². The van der Waals surface area contributed by atoms with Gasteiger partial charge in [0, 0.05) is 58.6 Å². The maximum absolute atomic E-state index is 14.3. The summed E-state index contributed by atoms with van der Waals surface area (Å²) in [4.78, 5) is 19.8. The van der Waals surface area contributed by atoms with Crippen molar-refractivity contribution in [2.75, 3.05) is 20.2 Å². The molecular weight excluding hydrogens is 505 g/mol. The fraction of sp³-hybridized carbons (Fsp3) is 0.226. The number of H-pyrrole nitrogens is 2. The number of ether oxygens (including phenoxy) is 1. The van der Waals surface area contributed by atoms with Crippen LogP contribution in [0.3, 0.4) is 0 Å². The standard InChI is InChI=1S/C31H28FN7O/c1-40-23-11-20(10-22(32)12-23)30-24-14-28(36-26(24)5-6-34-30)31-25-13-27(35-17-29(25)37-38-31)21-9-19(15-33-16-21)18-39-7-3-2-4-8-39/h5-6,9-17,36H,2-4,7-8,18H2,1H3,(H,37,38). The van der Waals surface area contributed by atoms with Gasteiger partial charge in [-0.15, -0.1) is 0 Å². The number of fused-ring (bicyclic) bond motifs is 2. The average Bonchev–Trinajstić information content (AvgIpc) is 3.61. The van der Waals surface area contributed by atoms with Gasteiger partial charge >= 0.3 is 0 Å². The molecule has 1 aliphatic rings. The van der Waals surface area contributed by atoms with Crippen LogP contribution in [0.15, 0.2) is 67.3 Å². The quantitative estimate of drug-likeness (QED) is 0.259. The third-order valence-electron chi connectivity index (χ3n) is 7.58. The Bertz CT molecular complexity index is 1840. The third kappa shape index (κ3) is 4.58. The molecule has 0 radical (unpaired) electrons. The van der Waals surface area contributed by atoms with Crippen molar-refractivity contribution in [3.8, 4) is 39.7 Å². The van der Waals surface area contributed by atoms with Crippen LogP contribution in [-0.4, -0.2) is 55.2 Å². The molecule has 9 heteroatoms. The number of benzene rings is 1. The van der Waals surface area contributed by atoms with E-state index < -0.39 is 0 Å². The molecule has 40 heavy (non-hydrogen) atoms. The maximum atomic E-state index is 14.3. The Morgan fingerprint density at radius 2 is 1.75 bits per heavy atom. The molecule has 200 valence electrons. The Hall–Kier alpha value is -4.63. The van der Waals surface area contributed by atoms with Crippen LogP contribution in [0.2, 0.25) is 0 Å². The highest BCUT2D eigenvalue weighted by atomic mass is 19.1. The maximum Gasteiger partial charge on any atom is 0.127 e. The van der Waals surface area contributed by atoms with E-state index in [1.54, 1.807) is 12.3 Å². The first-order valence-corrected chi connectivity index (χ1v) is 13.5. The molecular formula is C31H28FN7O. The molecule has 6 heterocycles. The topological polar surface area (TPSA) is 95.6 Å². The number of rotatable bonds is 6. The number of halogens is 1. The van der Waals surface area contributed by atoms with Gasteiger partial charge in [-0.25, -0.2) is 4.39 Å². The van der Waals surface area contributed by atoms with Gasteiger partial charge in [-0.3, -0.25) is 25.0 Å². The number of hydrogen-bond acceptors (Lipinski definition) is 6. The van der Waals surface area contributed by atoms with E-state index in [-0.39, 0.29) is 5.82 Å². The molecule has 1 aromatic carbocycles. The summed E-state index contributed by atoms with van der Waals surface area (Å²) in [6.07, 6.45) is 11.2. The Kier molecular flexibility index (Phi) is 6.20. The Balaban J connectivity index is 1.26. The summed E-state index contributed by atoms with van der Waals surface area (Å²) in [5, 5.41) is 9.53. The van der Waals surface area contributed by atoms with E-state index in [1.807, 2.05) is 30.7 Å². The van der Waals surface area contributed by atoms with Crippen LogP contribution >= 0.6 is 0 Å². The third-order valence-corrected chi connectivity index (χ3v) is 7.58. The molecule has 6 aromatic rings. The second kappa shape index (κ2) is 10.2. The lowest BCUT2D eigenvalue weighted by Crippen LogP contribution is -2.29. The zero-order valence-electron chi connectivity index (χ0n) is 22.1. The van der Waals surface area contributed by atoms with Gasteiger partial charge in [-0.1, -0.05) is 6.42 Å². The zero-order valence-corrected chi connectivity index (χ0v) is 22.1. The van der Waals surface area contributed by atoms with Crippen molar-refractivity contribution < 1.29 is 9.13 Å². The lowest BCUT2D eigenvalue weighted by atomic mass is 10.1. The highest BCUT2D eigenvalue weighted by Crippen LogP contribution is 2.35. The van der Waals surface area contributed by atoms with Crippen LogP contribution in [0.4, 0.5) is 4.39 Å². The second-order valence-electron chi connectivity index (χ2n) is 10.3. The van der Waals surface area contributed by atoms with Crippen molar-refractivity contribution in [2.24, 2.45) is 0 Å².